The summed E-state index contributed by atoms with van der Waals surface area (Å²) >= 11 is 0. The molecule has 2 saturated heterocycles. The number of nitrogens with zero attached hydrogens (tertiary/aromatic N) is 2. The first-order chi connectivity index (χ1) is 13.4. The third-order valence-electron chi connectivity index (χ3n) is 5.06. The molecule has 0 bridgehead atoms. The van der Waals surface area contributed by atoms with Gasteiger partial charge in [0.25, 0.3) is 0 Å². The maximum atomic E-state index is 4.82. The fourth-order valence-electron chi connectivity index (χ4n) is 3.49. The van der Waals surface area contributed by atoms with Gasteiger partial charge in [0.15, 0.2) is 0 Å². The maximum Gasteiger partial charge on any atom is 0.122 e. The molecule has 2 fully saturated rings. The van der Waals surface area contributed by atoms with Crippen molar-refractivity contribution in [2.24, 2.45) is 0 Å². The van der Waals surface area contributed by atoms with E-state index in [9.17, 15) is 0 Å². The van der Waals surface area contributed by atoms with Crippen LogP contribution in [0.25, 0.3) is 0 Å². The molecule has 5 rings (SSSR count). The van der Waals surface area contributed by atoms with E-state index in [1.54, 1.807) is 0 Å². The molecule has 148 valence electrons. The molecular formula is C21H33N5O. The zero-order valence-corrected chi connectivity index (χ0v) is 16.2. The molecule has 0 spiro atoms. The van der Waals surface area contributed by atoms with Crippen molar-refractivity contribution in [1.29, 1.82) is 0 Å². The number of hydrogen-bond donors (Lipinski definition) is 3. The van der Waals surface area contributed by atoms with E-state index in [1.165, 1.54) is 37.8 Å². The summed E-state index contributed by atoms with van der Waals surface area (Å²) in [6.45, 7) is 7.33. The Morgan fingerprint density at radius 1 is 1.00 bits per heavy atom. The summed E-state index contributed by atoms with van der Waals surface area (Å²) in [5, 5.41) is 6.68. The van der Waals surface area contributed by atoms with Gasteiger partial charge in [-0.2, -0.15) is 0 Å². The molecule has 6 heteroatoms. The number of hydrogen-bond acceptors (Lipinski definition) is 5. The number of rotatable bonds is 1. The molecule has 6 nitrogen and oxygen atoms in total. The molecule has 1 aromatic heterocycles. The third-order valence-corrected chi connectivity index (χ3v) is 5.06. The minimum Gasteiger partial charge on any atom is -0.333 e. The molecule has 0 aliphatic carbocycles. The normalized spacial score (nSPS) is 21.7. The maximum absolute atomic E-state index is 4.82. The van der Waals surface area contributed by atoms with Crippen LogP contribution < -0.4 is 16.1 Å². The zero-order chi connectivity index (χ0) is 18.6. The predicted molar refractivity (Wildman–Crippen MR) is 108 cm³/mol. The summed E-state index contributed by atoms with van der Waals surface area (Å²) < 4.78 is 2.18. The SMILES string of the molecule is C1CCONC1.c1ccc(C2CCCNC2)cc1.c1cn2c(n1)CNCC2. The van der Waals surface area contributed by atoms with Gasteiger partial charge in [-0.15, -0.1) is 0 Å². The van der Waals surface area contributed by atoms with Crippen molar-refractivity contribution in [1.82, 2.24) is 25.7 Å². The number of fused-ring (bicyclic) bond motifs is 1. The molecule has 0 amide bonds. The van der Waals surface area contributed by atoms with Crippen LogP contribution in [0, 0.1) is 0 Å². The average molecular weight is 372 g/mol. The van der Waals surface area contributed by atoms with Gasteiger partial charge < -0.3 is 20.0 Å². The smallest absolute Gasteiger partial charge is 0.122 e. The van der Waals surface area contributed by atoms with E-state index in [-0.39, 0.29) is 0 Å². The van der Waals surface area contributed by atoms with Gasteiger partial charge in [0.05, 0.1) is 13.2 Å². The van der Waals surface area contributed by atoms with Crippen molar-refractivity contribution in [3.63, 3.8) is 0 Å². The van der Waals surface area contributed by atoms with Gasteiger partial charge >= 0.3 is 0 Å². The standard InChI is InChI=1S/C11H15N.C6H9N3.C4H9NO/c1-2-5-10(6-3-1)11-7-4-8-12-9-11;1-3-9-4-2-8-6(9)5-7-1;1-2-4-6-5-3-1/h1-3,5-6,11-12H,4,7-9H2;2,4,7H,1,3,5H2;5H,1-4H2. The van der Waals surface area contributed by atoms with Crippen LogP contribution in [0.5, 0.6) is 0 Å². The van der Waals surface area contributed by atoms with Crippen molar-refractivity contribution < 1.29 is 4.84 Å². The fourth-order valence-corrected chi connectivity index (χ4v) is 3.49. The quantitative estimate of drug-likeness (QED) is 0.719. The van der Waals surface area contributed by atoms with Crippen LogP contribution in [0.3, 0.4) is 0 Å². The Hall–Kier alpha value is -1.73. The van der Waals surface area contributed by atoms with Gasteiger partial charge in [0.2, 0.25) is 0 Å². The van der Waals surface area contributed by atoms with Crippen molar-refractivity contribution in [3.8, 4) is 0 Å². The Balaban J connectivity index is 0.000000124. The second kappa shape index (κ2) is 11.9. The molecule has 1 aromatic carbocycles. The number of hydroxylamine groups is 1. The first-order valence-corrected chi connectivity index (χ1v) is 10.2. The molecule has 1 unspecified atom stereocenters. The van der Waals surface area contributed by atoms with Crippen molar-refractivity contribution in [2.45, 2.75) is 44.7 Å². The molecule has 4 heterocycles. The van der Waals surface area contributed by atoms with E-state index in [0.717, 1.165) is 51.1 Å². The second-order valence-electron chi connectivity index (χ2n) is 7.12. The van der Waals surface area contributed by atoms with Crippen LogP contribution in [0.2, 0.25) is 0 Å². The highest BCUT2D eigenvalue weighted by atomic mass is 16.6. The molecule has 0 saturated carbocycles. The lowest BCUT2D eigenvalue weighted by molar-refractivity contribution is 0.0128. The molecular weight excluding hydrogens is 338 g/mol. The van der Waals surface area contributed by atoms with Gasteiger partial charge in [0, 0.05) is 38.6 Å². The fraction of sp³-hybridized carbons (Fsp3) is 0.571. The lowest BCUT2D eigenvalue weighted by Crippen LogP contribution is -2.28. The molecule has 3 aliphatic heterocycles. The van der Waals surface area contributed by atoms with Crippen LogP contribution in [0.15, 0.2) is 42.7 Å². The Morgan fingerprint density at radius 3 is 2.56 bits per heavy atom. The average Bonchev–Trinajstić information content (AvgIpc) is 3.26. The molecule has 0 radical (unpaired) electrons. The van der Waals surface area contributed by atoms with E-state index < -0.39 is 0 Å². The highest BCUT2D eigenvalue weighted by Crippen LogP contribution is 2.22. The van der Waals surface area contributed by atoms with Crippen LogP contribution in [-0.2, 0) is 17.9 Å². The largest absolute Gasteiger partial charge is 0.333 e. The minimum absolute atomic E-state index is 0.750. The summed E-state index contributed by atoms with van der Waals surface area (Å²) in [6.07, 6.45) is 9.02. The zero-order valence-electron chi connectivity index (χ0n) is 16.2. The van der Waals surface area contributed by atoms with Crippen LogP contribution >= 0.6 is 0 Å². The van der Waals surface area contributed by atoms with E-state index in [4.69, 9.17) is 4.84 Å². The molecule has 3 N–H and O–H groups in total. The van der Waals surface area contributed by atoms with E-state index in [0.29, 0.717) is 0 Å². The lowest BCUT2D eigenvalue weighted by atomic mass is 9.92. The highest BCUT2D eigenvalue weighted by Gasteiger charge is 2.13. The summed E-state index contributed by atoms with van der Waals surface area (Å²) in [4.78, 5) is 8.98. The minimum atomic E-state index is 0.750. The molecule has 2 aromatic rings. The van der Waals surface area contributed by atoms with Crippen molar-refractivity contribution in [2.75, 3.05) is 32.8 Å². The van der Waals surface area contributed by atoms with Crippen LogP contribution in [0.4, 0.5) is 0 Å². The molecule has 27 heavy (non-hydrogen) atoms. The summed E-state index contributed by atoms with van der Waals surface area (Å²) in [5.74, 6) is 1.90. The monoisotopic (exact) mass is 371 g/mol. The lowest BCUT2D eigenvalue weighted by Gasteiger charge is -2.22. The second-order valence-corrected chi connectivity index (χ2v) is 7.12. The van der Waals surface area contributed by atoms with E-state index in [1.807, 2.05) is 12.4 Å². The van der Waals surface area contributed by atoms with Crippen LogP contribution in [0.1, 0.15) is 43.0 Å². The Morgan fingerprint density at radius 2 is 1.93 bits per heavy atom. The predicted octanol–water partition coefficient (Wildman–Crippen LogP) is 2.44. The number of nitrogens with one attached hydrogen (secondary N) is 3. The Labute approximate surface area is 162 Å². The van der Waals surface area contributed by atoms with Gasteiger partial charge in [-0.05, 0) is 43.7 Å². The van der Waals surface area contributed by atoms with Crippen molar-refractivity contribution in [3.05, 3.63) is 54.1 Å². The summed E-state index contributed by atoms with van der Waals surface area (Å²) in [5.41, 5.74) is 4.28. The highest BCUT2D eigenvalue weighted by molar-refractivity contribution is 5.20. The van der Waals surface area contributed by atoms with Gasteiger partial charge in [-0.3, -0.25) is 0 Å². The number of benzene rings is 1. The van der Waals surface area contributed by atoms with Crippen molar-refractivity contribution >= 4 is 0 Å². The van der Waals surface area contributed by atoms with E-state index >= 15 is 0 Å². The topological polar surface area (TPSA) is 63.1 Å². The summed E-state index contributed by atoms with van der Waals surface area (Å²) in [6, 6.07) is 10.8. The van der Waals surface area contributed by atoms with Crippen LogP contribution in [-0.4, -0.2) is 42.3 Å². The van der Waals surface area contributed by atoms with E-state index in [2.05, 4.69) is 56.0 Å². The number of aromatic nitrogens is 2. The Bertz CT molecular complexity index is 589. The van der Waals surface area contributed by atoms with Gasteiger partial charge in [-0.25, -0.2) is 10.5 Å². The molecule has 3 aliphatic rings. The number of imidazole rings is 1. The first-order valence-electron chi connectivity index (χ1n) is 10.2. The molecule has 1 atom stereocenters. The summed E-state index contributed by atoms with van der Waals surface area (Å²) in [7, 11) is 0. The third kappa shape index (κ3) is 7.07. The first kappa shape index (κ1) is 20.0. The van der Waals surface area contributed by atoms with Gasteiger partial charge in [-0.1, -0.05) is 30.3 Å². The number of piperidine rings is 1. The van der Waals surface area contributed by atoms with Gasteiger partial charge in [0.1, 0.15) is 5.82 Å². The Kier molecular flexibility index (Phi) is 8.80.